The van der Waals surface area contributed by atoms with Crippen LogP contribution in [0.5, 0.6) is 5.75 Å². The van der Waals surface area contributed by atoms with E-state index in [1.807, 2.05) is 0 Å². The molecule has 21 heavy (non-hydrogen) atoms. The van der Waals surface area contributed by atoms with Crippen LogP contribution in [0.15, 0.2) is 40.9 Å². The molecule has 7 heteroatoms. The number of nitrogens with zero attached hydrogens (tertiary/aromatic N) is 1. The van der Waals surface area contributed by atoms with E-state index in [9.17, 15) is 20.0 Å². The predicted octanol–water partition coefficient (Wildman–Crippen LogP) is 3.62. The highest BCUT2D eigenvalue weighted by Gasteiger charge is 2.18. The van der Waals surface area contributed by atoms with E-state index >= 15 is 0 Å². The van der Waals surface area contributed by atoms with Gasteiger partial charge in [0, 0.05) is 10.0 Å². The summed E-state index contributed by atoms with van der Waals surface area (Å²) in [5.74, 6) is -0.694. The summed E-state index contributed by atoms with van der Waals surface area (Å²) in [6.45, 7) is 1.77. The lowest BCUT2D eigenvalue weighted by Crippen LogP contribution is -2.14. The topological polar surface area (TPSA) is 92.5 Å². The van der Waals surface area contributed by atoms with Crippen LogP contribution in [-0.4, -0.2) is 15.9 Å². The number of carbonyl (C=O) groups excluding carboxylic acids is 1. The summed E-state index contributed by atoms with van der Waals surface area (Å²) in [5.41, 5.74) is 0.821. The minimum absolute atomic E-state index is 0.0298. The number of aryl methyl sites for hydroxylation is 1. The predicted molar refractivity (Wildman–Crippen MR) is 81.6 cm³/mol. The van der Waals surface area contributed by atoms with Gasteiger partial charge in [0.05, 0.1) is 11.0 Å². The molecular formula is C14H11BrN2O4. The summed E-state index contributed by atoms with van der Waals surface area (Å²) >= 11 is 3.28. The second-order valence-electron chi connectivity index (χ2n) is 4.37. The van der Waals surface area contributed by atoms with Gasteiger partial charge >= 0.3 is 0 Å². The second-order valence-corrected chi connectivity index (χ2v) is 5.29. The van der Waals surface area contributed by atoms with Crippen LogP contribution in [0.3, 0.4) is 0 Å². The van der Waals surface area contributed by atoms with Crippen molar-refractivity contribution in [3.63, 3.8) is 0 Å². The zero-order chi connectivity index (χ0) is 15.6. The first kappa shape index (κ1) is 15.0. The summed E-state index contributed by atoms with van der Waals surface area (Å²) in [6.07, 6.45) is 0. The Morgan fingerprint density at radius 2 is 2.00 bits per heavy atom. The molecule has 0 saturated heterocycles. The van der Waals surface area contributed by atoms with Crippen LogP contribution in [0.2, 0.25) is 0 Å². The number of halogens is 1. The van der Waals surface area contributed by atoms with Crippen molar-refractivity contribution in [3.05, 3.63) is 62.1 Å². The van der Waals surface area contributed by atoms with E-state index in [4.69, 9.17) is 0 Å². The van der Waals surface area contributed by atoms with Crippen molar-refractivity contribution in [1.29, 1.82) is 0 Å². The number of benzene rings is 2. The molecule has 0 aliphatic carbocycles. The summed E-state index contributed by atoms with van der Waals surface area (Å²) < 4.78 is 0.735. The van der Waals surface area contributed by atoms with Crippen molar-refractivity contribution in [1.82, 2.24) is 0 Å². The van der Waals surface area contributed by atoms with Gasteiger partial charge in [-0.05, 0) is 36.8 Å². The first-order chi connectivity index (χ1) is 9.88. The Morgan fingerprint density at radius 3 is 2.67 bits per heavy atom. The number of hydrogen-bond donors (Lipinski definition) is 2. The largest absolute Gasteiger partial charge is 0.508 e. The molecule has 2 aromatic rings. The Bertz CT molecular complexity index is 731. The molecule has 0 unspecified atom stereocenters. The van der Waals surface area contributed by atoms with Gasteiger partial charge in [0.2, 0.25) is 0 Å². The Kier molecular flexibility index (Phi) is 4.23. The van der Waals surface area contributed by atoms with Crippen molar-refractivity contribution < 1.29 is 14.8 Å². The van der Waals surface area contributed by atoms with Gasteiger partial charge in [-0.3, -0.25) is 14.9 Å². The highest BCUT2D eigenvalue weighted by molar-refractivity contribution is 9.10. The molecule has 0 radical (unpaired) electrons. The Morgan fingerprint density at radius 1 is 1.29 bits per heavy atom. The Hall–Kier alpha value is -2.41. The molecule has 0 bridgehead atoms. The number of amides is 1. The highest BCUT2D eigenvalue weighted by Crippen LogP contribution is 2.29. The van der Waals surface area contributed by atoms with Gasteiger partial charge in [-0.1, -0.05) is 22.0 Å². The summed E-state index contributed by atoms with van der Waals surface area (Å²) in [5, 5.41) is 22.7. The van der Waals surface area contributed by atoms with E-state index in [-0.39, 0.29) is 17.1 Å². The van der Waals surface area contributed by atoms with Crippen LogP contribution in [0.25, 0.3) is 0 Å². The minimum Gasteiger partial charge on any atom is -0.508 e. The molecule has 2 aromatic carbocycles. The molecule has 0 spiro atoms. The maximum Gasteiger partial charge on any atom is 0.296 e. The average Bonchev–Trinajstić information content (AvgIpc) is 2.43. The number of phenols is 1. The van der Waals surface area contributed by atoms with Gasteiger partial charge in [-0.2, -0.15) is 0 Å². The number of nitrogens with one attached hydrogen (secondary N) is 1. The van der Waals surface area contributed by atoms with Gasteiger partial charge in [0.15, 0.2) is 0 Å². The van der Waals surface area contributed by atoms with Crippen molar-refractivity contribution in [3.8, 4) is 5.75 Å². The van der Waals surface area contributed by atoms with Gasteiger partial charge in [-0.15, -0.1) is 0 Å². The fraction of sp³-hybridized carbons (Fsp3) is 0.0714. The molecule has 1 amide bonds. The second kappa shape index (κ2) is 5.92. The monoisotopic (exact) mass is 350 g/mol. The average molecular weight is 351 g/mol. The number of carbonyl (C=O) groups is 1. The van der Waals surface area contributed by atoms with E-state index in [2.05, 4.69) is 21.2 Å². The van der Waals surface area contributed by atoms with Crippen LogP contribution in [-0.2, 0) is 0 Å². The van der Waals surface area contributed by atoms with E-state index in [1.54, 1.807) is 25.1 Å². The lowest BCUT2D eigenvalue weighted by molar-refractivity contribution is -0.384. The number of anilines is 1. The van der Waals surface area contributed by atoms with Crippen LogP contribution < -0.4 is 5.32 Å². The molecule has 0 heterocycles. The van der Waals surface area contributed by atoms with Gasteiger partial charge < -0.3 is 10.4 Å². The van der Waals surface area contributed by atoms with Crippen molar-refractivity contribution in [2.45, 2.75) is 6.92 Å². The van der Waals surface area contributed by atoms with Gasteiger partial charge in [0.25, 0.3) is 11.6 Å². The maximum absolute atomic E-state index is 12.2. The lowest BCUT2D eigenvalue weighted by atomic mass is 10.1. The number of rotatable bonds is 3. The molecule has 6 nitrogen and oxygen atoms in total. The fourth-order valence-corrected chi connectivity index (χ4v) is 2.17. The van der Waals surface area contributed by atoms with Crippen molar-refractivity contribution in [2.24, 2.45) is 0 Å². The summed E-state index contributed by atoms with van der Waals surface area (Å²) in [4.78, 5) is 22.5. The first-order valence-electron chi connectivity index (χ1n) is 5.93. The minimum atomic E-state index is -0.664. The molecule has 0 atom stereocenters. The van der Waals surface area contributed by atoms with E-state index < -0.39 is 10.8 Å². The van der Waals surface area contributed by atoms with Crippen LogP contribution in [0, 0.1) is 17.0 Å². The molecule has 0 saturated carbocycles. The third kappa shape index (κ3) is 3.38. The van der Waals surface area contributed by atoms with Crippen LogP contribution in [0.1, 0.15) is 15.9 Å². The molecule has 0 aromatic heterocycles. The lowest BCUT2D eigenvalue weighted by Gasteiger charge is -2.09. The number of hydrogen-bond acceptors (Lipinski definition) is 4. The van der Waals surface area contributed by atoms with Gasteiger partial charge in [-0.25, -0.2) is 0 Å². The normalized spacial score (nSPS) is 10.2. The van der Waals surface area contributed by atoms with Crippen LogP contribution >= 0.6 is 15.9 Å². The standard InChI is InChI=1S/C14H11BrN2O4/c1-8-2-3-9(15)6-11(8)14(19)16-12-5-4-10(18)7-13(12)17(20)21/h2-7,18H,1H3,(H,16,19). The zero-order valence-electron chi connectivity index (χ0n) is 11.0. The third-order valence-corrected chi connectivity index (χ3v) is 3.36. The summed E-state index contributed by atoms with van der Waals surface area (Å²) in [7, 11) is 0. The molecule has 0 aliphatic rings. The Balaban J connectivity index is 2.36. The van der Waals surface area contributed by atoms with Crippen molar-refractivity contribution in [2.75, 3.05) is 5.32 Å². The summed E-state index contributed by atoms with van der Waals surface area (Å²) in [6, 6.07) is 8.76. The number of nitro groups is 1. The first-order valence-corrected chi connectivity index (χ1v) is 6.72. The Labute approximate surface area is 128 Å². The molecule has 0 fully saturated rings. The fourth-order valence-electron chi connectivity index (χ4n) is 1.81. The third-order valence-electron chi connectivity index (χ3n) is 2.87. The molecular weight excluding hydrogens is 340 g/mol. The molecule has 108 valence electrons. The van der Waals surface area contributed by atoms with Crippen LogP contribution in [0.4, 0.5) is 11.4 Å². The maximum atomic E-state index is 12.2. The molecule has 2 N–H and O–H groups in total. The van der Waals surface area contributed by atoms with Gasteiger partial charge in [0.1, 0.15) is 11.4 Å². The number of phenolic OH excluding ortho intramolecular Hbond substituents is 1. The smallest absolute Gasteiger partial charge is 0.296 e. The zero-order valence-corrected chi connectivity index (χ0v) is 12.5. The van der Waals surface area contributed by atoms with E-state index in [0.29, 0.717) is 5.56 Å². The van der Waals surface area contributed by atoms with E-state index in [0.717, 1.165) is 16.1 Å². The quantitative estimate of drug-likeness (QED) is 0.502. The highest BCUT2D eigenvalue weighted by atomic mass is 79.9. The molecule has 0 aliphatic heterocycles. The number of nitro benzene ring substituents is 1. The SMILES string of the molecule is Cc1ccc(Br)cc1C(=O)Nc1ccc(O)cc1[N+](=O)[O-]. The van der Waals surface area contributed by atoms with Crippen molar-refractivity contribution >= 4 is 33.2 Å². The number of aromatic hydroxyl groups is 1. The molecule has 2 rings (SSSR count). The van der Waals surface area contributed by atoms with E-state index in [1.165, 1.54) is 12.1 Å².